The van der Waals surface area contributed by atoms with Crippen molar-refractivity contribution in [3.8, 4) is 0 Å². The number of aromatic nitrogens is 2. The van der Waals surface area contributed by atoms with Crippen LogP contribution < -0.4 is 0 Å². The molecule has 1 aromatic carbocycles. The van der Waals surface area contributed by atoms with Crippen LogP contribution in [0.5, 0.6) is 0 Å². The summed E-state index contributed by atoms with van der Waals surface area (Å²) in [5, 5.41) is 0. The highest BCUT2D eigenvalue weighted by molar-refractivity contribution is 5.92. The summed E-state index contributed by atoms with van der Waals surface area (Å²) in [5.74, 6) is -0.0380. The van der Waals surface area contributed by atoms with Gasteiger partial charge in [-0.3, -0.25) is 19.5 Å². The monoisotopic (exact) mass is 449 g/mol. The average molecular weight is 450 g/mol. The number of piperazine rings is 1. The molecule has 0 bridgehead atoms. The summed E-state index contributed by atoms with van der Waals surface area (Å²) in [5.41, 5.74) is 1.53. The Morgan fingerprint density at radius 2 is 1.82 bits per heavy atom. The molecule has 0 aliphatic carbocycles. The zero-order chi connectivity index (χ0) is 23.3. The molecule has 0 saturated carbocycles. The van der Waals surface area contributed by atoms with Crippen LogP contribution in [-0.2, 0) is 4.79 Å². The second kappa shape index (κ2) is 13.5. The van der Waals surface area contributed by atoms with Crippen LogP contribution in [0, 0.1) is 0 Å². The Morgan fingerprint density at radius 1 is 1.03 bits per heavy atom. The minimum absolute atomic E-state index is 0.113. The van der Waals surface area contributed by atoms with Crippen molar-refractivity contribution in [3.63, 3.8) is 0 Å². The Bertz CT molecular complexity index is 880. The quantitative estimate of drug-likeness (QED) is 0.492. The Hall–Kier alpha value is -3.06. The van der Waals surface area contributed by atoms with Crippen molar-refractivity contribution < 1.29 is 9.59 Å². The van der Waals surface area contributed by atoms with Crippen molar-refractivity contribution in [3.05, 3.63) is 66.3 Å². The molecule has 0 N–H and O–H groups in total. The molecule has 7 nitrogen and oxygen atoms in total. The van der Waals surface area contributed by atoms with Gasteiger partial charge in [-0.15, -0.1) is 0 Å². The van der Waals surface area contributed by atoms with Crippen molar-refractivity contribution in [2.75, 3.05) is 45.8 Å². The zero-order valence-corrected chi connectivity index (χ0v) is 19.6. The molecule has 0 spiro atoms. The summed E-state index contributed by atoms with van der Waals surface area (Å²) in [6, 6.07) is 10.3. The number of amides is 2. The second-order valence-electron chi connectivity index (χ2n) is 8.33. The number of hydrogen-bond acceptors (Lipinski definition) is 5. The van der Waals surface area contributed by atoms with E-state index >= 15 is 0 Å². The average Bonchev–Trinajstić information content (AvgIpc) is 2.87. The standard InChI is InChI=1S/C26H35N5O2/c1-2-3-7-16-31(26(33)24-22-27-13-14-28-24)17-12-25(32)30-20-18-29(19-21-30)15-8-11-23-9-5-4-6-10-23/h4-6,8-11,13-14,22H,2-3,7,12,15-21H2,1H3/b11-8+. The van der Waals surface area contributed by atoms with Crippen LogP contribution in [-0.4, -0.2) is 82.3 Å². The van der Waals surface area contributed by atoms with Gasteiger partial charge in [0, 0.05) is 64.6 Å². The van der Waals surface area contributed by atoms with E-state index in [1.165, 1.54) is 18.0 Å². The van der Waals surface area contributed by atoms with Gasteiger partial charge in [-0.05, 0) is 12.0 Å². The minimum Gasteiger partial charge on any atom is -0.340 e. The van der Waals surface area contributed by atoms with Crippen molar-refractivity contribution in [1.82, 2.24) is 24.7 Å². The summed E-state index contributed by atoms with van der Waals surface area (Å²) in [6.07, 6.45) is 12.3. The lowest BCUT2D eigenvalue weighted by molar-refractivity contribution is -0.133. The van der Waals surface area contributed by atoms with E-state index in [-0.39, 0.29) is 11.8 Å². The smallest absolute Gasteiger partial charge is 0.274 e. The van der Waals surface area contributed by atoms with Gasteiger partial charge in [0.2, 0.25) is 5.91 Å². The summed E-state index contributed by atoms with van der Waals surface area (Å²) < 4.78 is 0. The molecule has 1 aromatic heterocycles. The van der Waals surface area contributed by atoms with Crippen LogP contribution in [0.1, 0.15) is 48.7 Å². The predicted molar refractivity (Wildman–Crippen MR) is 131 cm³/mol. The van der Waals surface area contributed by atoms with Gasteiger partial charge >= 0.3 is 0 Å². The molecule has 0 unspecified atom stereocenters. The van der Waals surface area contributed by atoms with Gasteiger partial charge in [-0.1, -0.05) is 62.2 Å². The Labute approximate surface area is 197 Å². The Balaban J connectivity index is 1.44. The van der Waals surface area contributed by atoms with Gasteiger partial charge in [0.05, 0.1) is 6.20 Å². The molecule has 2 heterocycles. The Morgan fingerprint density at radius 3 is 2.52 bits per heavy atom. The van der Waals surface area contributed by atoms with Gasteiger partial charge < -0.3 is 9.80 Å². The Kier molecular flexibility index (Phi) is 10.0. The van der Waals surface area contributed by atoms with Crippen LogP contribution >= 0.6 is 0 Å². The maximum atomic E-state index is 12.9. The molecule has 176 valence electrons. The van der Waals surface area contributed by atoms with Crippen molar-refractivity contribution in [2.24, 2.45) is 0 Å². The maximum Gasteiger partial charge on any atom is 0.274 e. The van der Waals surface area contributed by atoms with Crippen LogP contribution in [0.15, 0.2) is 55.0 Å². The number of unbranched alkanes of at least 4 members (excludes halogenated alkanes) is 2. The molecule has 2 aromatic rings. The molecule has 0 atom stereocenters. The van der Waals surface area contributed by atoms with Crippen LogP contribution in [0.2, 0.25) is 0 Å². The van der Waals surface area contributed by atoms with Crippen LogP contribution in [0.4, 0.5) is 0 Å². The number of carbonyl (C=O) groups is 2. The van der Waals surface area contributed by atoms with E-state index < -0.39 is 0 Å². The molecule has 7 heteroatoms. The molecule has 3 rings (SSSR count). The van der Waals surface area contributed by atoms with Crippen LogP contribution in [0.3, 0.4) is 0 Å². The normalized spacial score (nSPS) is 14.5. The highest BCUT2D eigenvalue weighted by atomic mass is 16.2. The predicted octanol–water partition coefficient (Wildman–Crippen LogP) is 3.36. The summed E-state index contributed by atoms with van der Waals surface area (Å²) in [6.45, 7) is 7.26. The third-order valence-corrected chi connectivity index (χ3v) is 5.90. The topological polar surface area (TPSA) is 69.6 Å². The SMILES string of the molecule is CCCCCN(CCC(=O)N1CCN(C/C=C/c2ccccc2)CC1)C(=O)c1cnccn1. The van der Waals surface area contributed by atoms with Crippen molar-refractivity contribution in [1.29, 1.82) is 0 Å². The molecular weight excluding hydrogens is 414 g/mol. The number of hydrogen-bond donors (Lipinski definition) is 0. The number of benzene rings is 1. The number of nitrogens with zero attached hydrogens (tertiary/aromatic N) is 5. The van der Waals surface area contributed by atoms with E-state index in [0.717, 1.165) is 52.0 Å². The first-order chi connectivity index (χ1) is 16.2. The van der Waals surface area contributed by atoms with E-state index in [4.69, 9.17) is 0 Å². The molecule has 1 fully saturated rings. The van der Waals surface area contributed by atoms with Crippen molar-refractivity contribution in [2.45, 2.75) is 32.6 Å². The van der Waals surface area contributed by atoms with Crippen LogP contribution in [0.25, 0.3) is 6.08 Å². The van der Waals surface area contributed by atoms with Gasteiger partial charge in [0.25, 0.3) is 5.91 Å². The fourth-order valence-corrected chi connectivity index (χ4v) is 3.91. The summed E-state index contributed by atoms with van der Waals surface area (Å²) in [7, 11) is 0. The van der Waals surface area contributed by atoms with Gasteiger partial charge in [-0.2, -0.15) is 0 Å². The third kappa shape index (κ3) is 8.09. The first-order valence-electron chi connectivity index (χ1n) is 11.9. The van der Waals surface area contributed by atoms with E-state index in [1.54, 1.807) is 11.1 Å². The lowest BCUT2D eigenvalue weighted by Gasteiger charge is -2.34. The fourth-order valence-electron chi connectivity index (χ4n) is 3.91. The molecule has 33 heavy (non-hydrogen) atoms. The lowest BCUT2D eigenvalue weighted by Crippen LogP contribution is -2.49. The third-order valence-electron chi connectivity index (χ3n) is 5.90. The number of carbonyl (C=O) groups excluding carboxylic acids is 2. The highest BCUT2D eigenvalue weighted by Crippen LogP contribution is 2.09. The first kappa shape index (κ1) is 24.6. The lowest BCUT2D eigenvalue weighted by atomic mass is 10.2. The van der Waals surface area contributed by atoms with Gasteiger partial charge in [-0.25, -0.2) is 4.98 Å². The molecule has 1 aliphatic rings. The van der Waals surface area contributed by atoms with E-state index in [9.17, 15) is 9.59 Å². The zero-order valence-electron chi connectivity index (χ0n) is 19.6. The van der Waals surface area contributed by atoms with Gasteiger partial charge in [0.15, 0.2) is 0 Å². The minimum atomic E-state index is -0.151. The summed E-state index contributed by atoms with van der Waals surface area (Å²) >= 11 is 0. The first-order valence-corrected chi connectivity index (χ1v) is 11.9. The molecule has 2 amide bonds. The molecular formula is C26H35N5O2. The second-order valence-corrected chi connectivity index (χ2v) is 8.33. The fraction of sp³-hybridized carbons (Fsp3) is 0.462. The van der Waals surface area contributed by atoms with E-state index in [0.29, 0.717) is 25.2 Å². The summed E-state index contributed by atoms with van der Waals surface area (Å²) in [4.78, 5) is 39.9. The maximum absolute atomic E-state index is 12.9. The highest BCUT2D eigenvalue weighted by Gasteiger charge is 2.23. The van der Waals surface area contributed by atoms with E-state index in [1.807, 2.05) is 23.1 Å². The molecule has 1 saturated heterocycles. The number of rotatable bonds is 11. The largest absolute Gasteiger partial charge is 0.340 e. The van der Waals surface area contributed by atoms with Gasteiger partial charge in [0.1, 0.15) is 5.69 Å². The molecule has 1 aliphatic heterocycles. The molecule has 0 radical (unpaired) electrons. The van der Waals surface area contributed by atoms with Crippen molar-refractivity contribution >= 4 is 17.9 Å². The van der Waals surface area contributed by atoms with E-state index in [2.05, 4.69) is 46.1 Å².